The lowest BCUT2D eigenvalue weighted by Crippen LogP contribution is -3.00. The van der Waals surface area contributed by atoms with E-state index in [2.05, 4.69) is 22.1 Å². The zero-order chi connectivity index (χ0) is 30.1. The molecule has 2 atom stereocenters. The summed E-state index contributed by atoms with van der Waals surface area (Å²) < 4.78 is 11.1. The number of ketones is 1. The molecule has 1 aliphatic heterocycles. The molecule has 0 spiro atoms. The second-order valence-electron chi connectivity index (χ2n) is 11.2. The topological polar surface area (TPSA) is 130 Å². The van der Waals surface area contributed by atoms with E-state index in [1.807, 2.05) is 36.4 Å². The van der Waals surface area contributed by atoms with Gasteiger partial charge in [-0.15, -0.1) is 0 Å². The number of anilines is 2. The molecule has 1 fully saturated rings. The number of carbonyl (C=O) groups is 2. The van der Waals surface area contributed by atoms with Gasteiger partial charge in [-0.3, -0.25) is 4.79 Å². The van der Waals surface area contributed by atoms with E-state index < -0.39 is 0 Å². The first-order chi connectivity index (χ1) is 20.2. The Kier molecular flexibility index (Phi) is 12.6. The molecule has 0 saturated carbocycles. The van der Waals surface area contributed by atoms with Crippen LogP contribution in [0.25, 0.3) is 0 Å². The zero-order valence-electron chi connectivity index (χ0n) is 24.9. The Morgan fingerprint density at radius 2 is 1.53 bits per heavy atom. The number of benzene rings is 2. The molecular formula is C32H41Cl2N5O4. The first kappa shape index (κ1) is 34.1. The van der Waals surface area contributed by atoms with E-state index in [4.69, 9.17) is 32.5 Å². The molecule has 3 aromatic rings. The first-order valence-electron chi connectivity index (χ1n) is 14.5. The van der Waals surface area contributed by atoms with Crippen molar-refractivity contribution in [3.63, 3.8) is 0 Å². The summed E-state index contributed by atoms with van der Waals surface area (Å²) >= 11 is 6.04. The van der Waals surface area contributed by atoms with Gasteiger partial charge in [0.1, 0.15) is 11.4 Å². The van der Waals surface area contributed by atoms with Gasteiger partial charge in [-0.25, -0.2) is 14.8 Å². The molecule has 2 unspecified atom stereocenters. The van der Waals surface area contributed by atoms with E-state index in [-0.39, 0.29) is 52.6 Å². The standard InChI is InChI=1S/C32H40ClN5O4.ClH/c1-41-26-15-11-23(12-16-26)7-4-18-38(17-3-6-22-9-13-25(14-10-22)32(40)42-2)19-5-8-24(21-38)20-27(39)28-30(34)37-31(35)29(33)36-28;/h9-16,24H,3-8,17-21H2,1-2H3,(H3-,34,35,37,39);1H. The van der Waals surface area contributed by atoms with Gasteiger partial charge in [0.2, 0.25) is 0 Å². The zero-order valence-corrected chi connectivity index (χ0v) is 26.4. The highest BCUT2D eigenvalue weighted by Gasteiger charge is 2.36. The van der Waals surface area contributed by atoms with E-state index in [1.165, 1.54) is 18.2 Å². The Hall–Kier alpha value is -3.40. The smallest absolute Gasteiger partial charge is 0.337 e. The van der Waals surface area contributed by atoms with E-state index >= 15 is 0 Å². The van der Waals surface area contributed by atoms with Crippen molar-refractivity contribution in [2.45, 2.75) is 44.9 Å². The van der Waals surface area contributed by atoms with Crippen LogP contribution in [0.15, 0.2) is 48.5 Å². The van der Waals surface area contributed by atoms with Crippen molar-refractivity contribution >= 4 is 35.0 Å². The van der Waals surface area contributed by atoms with Gasteiger partial charge in [0.05, 0.1) is 46.0 Å². The van der Waals surface area contributed by atoms with Crippen LogP contribution in [0.4, 0.5) is 11.6 Å². The SMILES string of the molecule is COC(=O)c1ccc(CCC[N+]2(CCCc3ccc(OC)cc3)CCCC(CC(=O)c3nc(Cl)c(N)nc3N)C2)cc1.[Cl-]. The number of hydrogen-bond donors (Lipinski definition) is 2. The summed E-state index contributed by atoms with van der Waals surface area (Å²) in [5, 5.41) is -0.000488. The molecule has 4 N–H and O–H groups in total. The van der Waals surface area contributed by atoms with Crippen molar-refractivity contribution in [1.29, 1.82) is 0 Å². The minimum atomic E-state index is -0.328. The van der Waals surface area contributed by atoms with Crippen molar-refractivity contribution in [1.82, 2.24) is 9.97 Å². The monoisotopic (exact) mass is 629 g/mol. The highest BCUT2D eigenvalue weighted by molar-refractivity contribution is 6.31. The van der Waals surface area contributed by atoms with Gasteiger partial charge in [0, 0.05) is 25.2 Å². The molecular weight excluding hydrogens is 589 g/mol. The number of piperidine rings is 1. The number of Topliss-reactive ketones (excluding diaryl/α,β-unsaturated/α-hetero) is 1. The minimum absolute atomic E-state index is 0. The molecule has 0 amide bonds. The van der Waals surface area contributed by atoms with Crippen LogP contribution in [0, 0.1) is 5.92 Å². The van der Waals surface area contributed by atoms with Crippen LogP contribution < -0.4 is 28.6 Å². The van der Waals surface area contributed by atoms with E-state index in [1.54, 1.807) is 7.11 Å². The first-order valence-corrected chi connectivity index (χ1v) is 14.9. The van der Waals surface area contributed by atoms with Crippen LogP contribution in [0.2, 0.25) is 5.15 Å². The number of quaternary nitrogens is 1. The average molecular weight is 631 g/mol. The number of nitrogens with zero attached hydrogens (tertiary/aromatic N) is 3. The molecule has 1 aromatic heterocycles. The molecule has 2 aromatic carbocycles. The predicted molar refractivity (Wildman–Crippen MR) is 165 cm³/mol. The minimum Gasteiger partial charge on any atom is -1.00 e. The fourth-order valence-electron chi connectivity index (χ4n) is 6.09. The molecule has 9 nitrogen and oxygen atoms in total. The molecule has 0 radical (unpaired) electrons. The van der Waals surface area contributed by atoms with Crippen LogP contribution in [0.3, 0.4) is 0 Å². The number of rotatable bonds is 13. The Bertz CT molecular complexity index is 1370. The molecule has 0 bridgehead atoms. The van der Waals surface area contributed by atoms with Crippen molar-refractivity contribution in [2.24, 2.45) is 5.92 Å². The third kappa shape index (κ3) is 9.29. The maximum absolute atomic E-state index is 13.2. The highest BCUT2D eigenvalue weighted by atomic mass is 35.5. The summed E-state index contributed by atoms with van der Waals surface area (Å²) in [5.41, 5.74) is 14.8. The fraction of sp³-hybridized carbons (Fsp3) is 0.438. The molecule has 2 heterocycles. The number of ether oxygens (including phenoxy) is 2. The number of esters is 1. The number of aryl methyl sites for hydroxylation is 2. The van der Waals surface area contributed by atoms with Crippen LogP contribution >= 0.6 is 11.6 Å². The van der Waals surface area contributed by atoms with Crippen molar-refractivity contribution < 1.29 is 36.0 Å². The lowest BCUT2D eigenvalue weighted by molar-refractivity contribution is -0.936. The van der Waals surface area contributed by atoms with Crippen molar-refractivity contribution in [2.75, 3.05) is 51.9 Å². The number of hydrogen-bond acceptors (Lipinski definition) is 8. The van der Waals surface area contributed by atoms with Gasteiger partial charge in [-0.05, 0) is 61.1 Å². The molecule has 232 valence electrons. The second kappa shape index (κ2) is 15.9. The van der Waals surface area contributed by atoms with E-state index in [0.717, 1.165) is 74.9 Å². The maximum atomic E-state index is 13.2. The van der Waals surface area contributed by atoms with Gasteiger partial charge >= 0.3 is 5.97 Å². The Labute approximate surface area is 264 Å². The Balaban J connectivity index is 0.00000506. The third-order valence-corrected chi connectivity index (χ3v) is 8.54. The summed E-state index contributed by atoms with van der Waals surface area (Å²) in [6.07, 6.45) is 6.34. The molecule has 11 heteroatoms. The van der Waals surface area contributed by atoms with Crippen molar-refractivity contribution in [3.05, 3.63) is 76.1 Å². The van der Waals surface area contributed by atoms with Crippen LogP contribution in [-0.4, -0.2) is 66.6 Å². The quantitative estimate of drug-likeness (QED) is 0.167. The van der Waals surface area contributed by atoms with Crippen LogP contribution in [0.1, 0.15) is 64.1 Å². The Morgan fingerprint density at radius 1 is 0.930 bits per heavy atom. The van der Waals surface area contributed by atoms with E-state index in [9.17, 15) is 9.59 Å². The highest BCUT2D eigenvalue weighted by Crippen LogP contribution is 2.30. The molecule has 1 aliphatic rings. The number of carbonyl (C=O) groups excluding carboxylic acids is 2. The van der Waals surface area contributed by atoms with Crippen LogP contribution in [-0.2, 0) is 17.6 Å². The summed E-state index contributed by atoms with van der Waals surface area (Å²) in [4.78, 5) is 33.1. The van der Waals surface area contributed by atoms with Gasteiger partial charge in [0.15, 0.2) is 22.6 Å². The largest absolute Gasteiger partial charge is 1.00 e. The lowest BCUT2D eigenvalue weighted by atomic mass is 9.89. The predicted octanol–water partition coefficient (Wildman–Crippen LogP) is 2.16. The fourth-order valence-corrected chi connectivity index (χ4v) is 6.22. The number of likely N-dealkylation sites (tertiary alicyclic amines) is 1. The number of halogens is 2. The number of aromatic nitrogens is 2. The molecule has 4 rings (SSSR count). The Morgan fingerprint density at radius 3 is 2.12 bits per heavy atom. The number of methoxy groups -OCH3 is 2. The summed E-state index contributed by atoms with van der Waals surface area (Å²) in [7, 11) is 3.07. The van der Waals surface area contributed by atoms with Gasteiger partial charge < -0.3 is 37.8 Å². The normalized spacial score (nSPS) is 18.0. The maximum Gasteiger partial charge on any atom is 0.337 e. The van der Waals surface area contributed by atoms with E-state index in [0.29, 0.717) is 12.0 Å². The lowest BCUT2D eigenvalue weighted by Gasteiger charge is -2.45. The van der Waals surface area contributed by atoms with Gasteiger partial charge in [-0.1, -0.05) is 35.9 Å². The molecule has 1 saturated heterocycles. The number of nitrogen functional groups attached to an aromatic ring is 2. The summed E-state index contributed by atoms with van der Waals surface area (Å²) in [6.45, 7) is 4.06. The number of nitrogens with two attached hydrogens (primary N) is 2. The summed E-state index contributed by atoms with van der Waals surface area (Å²) in [6, 6.07) is 15.9. The van der Waals surface area contributed by atoms with Crippen LogP contribution in [0.5, 0.6) is 5.75 Å². The molecule has 0 aliphatic carbocycles. The summed E-state index contributed by atoms with van der Waals surface area (Å²) in [5.74, 6) is 0.649. The molecule has 43 heavy (non-hydrogen) atoms. The average Bonchev–Trinajstić information content (AvgIpc) is 2.99. The third-order valence-electron chi connectivity index (χ3n) is 8.26. The van der Waals surface area contributed by atoms with Crippen molar-refractivity contribution in [3.8, 4) is 5.75 Å². The van der Waals surface area contributed by atoms with Gasteiger partial charge in [0.25, 0.3) is 0 Å². The second-order valence-corrected chi connectivity index (χ2v) is 11.6. The van der Waals surface area contributed by atoms with Gasteiger partial charge in [-0.2, -0.15) is 0 Å².